The van der Waals surface area contributed by atoms with E-state index in [2.05, 4.69) is 24.5 Å². The lowest BCUT2D eigenvalue weighted by molar-refractivity contribution is 0.402. The van der Waals surface area contributed by atoms with Gasteiger partial charge in [0.05, 0.1) is 0 Å². The molecule has 2 saturated heterocycles. The lowest BCUT2D eigenvalue weighted by Crippen LogP contribution is -2.26. The Bertz CT molecular complexity index is 114. The molecule has 1 unspecified atom stereocenters. The summed E-state index contributed by atoms with van der Waals surface area (Å²) >= 11 is 0. The van der Waals surface area contributed by atoms with Gasteiger partial charge in [0.15, 0.2) is 0 Å². The third kappa shape index (κ3) is 8.88. The zero-order chi connectivity index (χ0) is 11.5. The second-order valence-corrected chi connectivity index (χ2v) is 4.43. The molecule has 15 heavy (non-hydrogen) atoms. The molecule has 2 rings (SSSR count). The van der Waals surface area contributed by atoms with Crippen LogP contribution in [0.1, 0.15) is 53.4 Å². The molecule has 2 aliphatic heterocycles. The fourth-order valence-electron chi connectivity index (χ4n) is 1.83. The number of hydrogen-bond donors (Lipinski definition) is 2. The Hall–Kier alpha value is -0.0800. The highest BCUT2D eigenvalue weighted by molar-refractivity contribution is 4.67. The molecule has 2 aliphatic rings. The third-order valence-electron chi connectivity index (χ3n) is 2.93. The van der Waals surface area contributed by atoms with Crippen molar-refractivity contribution in [1.82, 2.24) is 10.6 Å². The monoisotopic (exact) mass is 214 g/mol. The van der Waals surface area contributed by atoms with Gasteiger partial charge in [0, 0.05) is 6.04 Å². The maximum atomic E-state index is 3.32. The molecular formula is C13H30N2. The Labute approximate surface area is 96.2 Å². The molecule has 0 aromatic carbocycles. The molecule has 2 fully saturated rings. The summed E-state index contributed by atoms with van der Waals surface area (Å²) in [5.74, 6) is 0.973. The zero-order valence-electron chi connectivity index (χ0n) is 11.1. The molecule has 0 saturated carbocycles. The topological polar surface area (TPSA) is 24.1 Å². The van der Waals surface area contributed by atoms with Crippen molar-refractivity contribution < 1.29 is 0 Å². The highest BCUT2D eigenvalue weighted by atomic mass is 14.9. The van der Waals surface area contributed by atoms with Gasteiger partial charge in [0.1, 0.15) is 0 Å². The minimum atomic E-state index is 0.796. The zero-order valence-corrected chi connectivity index (χ0v) is 11.1. The second-order valence-electron chi connectivity index (χ2n) is 4.43. The first kappa shape index (κ1) is 14.9. The largest absolute Gasteiger partial charge is 0.317 e. The Morgan fingerprint density at radius 3 is 1.67 bits per heavy atom. The quantitative estimate of drug-likeness (QED) is 0.648. The van der Waals surface area contributed by atoms with E-state index >= 15 is 0 Å². The van der Waals surface area contributed by atoms with Gasteiger partial charge < -0.3 is 10.6 Å². The Morgan fingerprint density at radius 1 is 0.867 bits per heavy atom. The lowest BCUT2D eigenvalue weighted by Gasteiger charge is -2.17. The summed E-state index contributed by atoms with van der Waals surface area (Å²) in [6.07, 6.45) is 5.50. The fraction of sp³-hybridized carbons (Fsp3) is 1.00. The smallest absolute Gasteiger partial charge is 0.00391 e. The Balaban J connectivity index is 0.000000227. The van der Waals surface area contributed by atoms with Gasteiger partial charge in [0.25, 0.3) is 0 Å². The first-order chi connectivity index (χ1) is 7.29. The van der Waals surface area contributed by atoms with Crippen LogP contribution < -0.4 is 10.6 Å². The molecule has 92 valence electrons. The maximum Gasteiger partial charge on any atom is 0.00391 e. The molecule has 0 aromatic rings. The summed E-state index contributed by atoms with van der Waals surface area (Å²) in [5.41, 5.74) is 0. The van der Waals surface area contributed by atoms with Crippen LogP contribution in [0.3, 0.4) is 0 Å². The molecule has 1 atom stereocenters. The Morgan fingerprint density at radius 2 is 1.47 bits per heavy atom. The van der Waals surface area contributed by atoms with Crippen LogP contribution in [0.15, 0.2) is 0 Å². The average Bonchev–Trinajstić information content (AvgIpc) is 2.74. The van der Waals surface area contributed by atoms with Gasteiger partial charge in [-0.3, -0.25) is 0 Å². The van der Waals surface area contributed by atoms with Crippen LogP contribution >= 0.6 is 0 Å². The van der Waals surface area contributed by atoms with Crippen molar-refractivity contribution in [2.24, 2.45) is 5.92 Å². The molecule has 0 radical (unpaired) electrons. The van der Waals surface area contributed by atoms with Crippen LogP contribution in [-0.2, 0) is 0 Å². The molecular weight excluding hydrogens is 184 g/mol. The van der Waals surface area contributed by atoms with Crippen LogP contribution in [0.4, 0.5) is 0 Å². The van der Waals surface area contributed by atoms with E-state index in [0.717, 1.165) is 12.0 Å². The molecule has 2 heteroatoms. The van der Waals surface area contributed by atoms with E-state index in [-0.39, 0.29) is 0 Å². The van der Waals surface area contributed by atoms with Crippen molar-refractivity contribution in [3.63, 3.8) is 0 Å². The summed E-state index contributed by atoms with van der Waals surface area (Å²) in [4.78, 5) is 0. The first-order valence-electron chi connectivity index (χ1n) is 6.73. The highest BCUT2D eigenvalue weighted by Crippen LogP contribution is 2.08. The fourth-order valence-corrected chi connectivity index (χ4v) is 1.83. The van der Waals surface area contributed by atoms with Gasteiger partial charge in [-0.2, -0.15) is 0 Å². The van der Waals surface area contributed by atoms with Gasteiger partial charge in [-0.1, -0.05) is 20.8 Å². The van der Waals surface area contributed by atoms with E-state index in [4.69, 9.17) is 0 Å². The van der Waals surface area contributed by atoms with Gasteiger partial charge in [0.2, 0.25) is 0 Å². The van der Waals surface area contributed by atoms with Crippen molar-refractivity contribution in [1.29, 1.82) is 0 Å². The third-order valence-corrected chi connectivity index (χ3v) is 2.93. The highest BCUT2D eigenvalue weighted by Gasteiger charge is 2.05. The van der Waals surface area contributed by atoms with Crippen LogP contribution in [0, 0.1) is 5.92 Å². The molecule has 2 N–H and O–H groups in total. The summed E-state index contributed by atoms with van der Waals surface area (Å²) in [6.45, 7) is 12.3. The summed E-state index contributed by atoms with van der Waals surface area (Å²) in [6, 6.07) is 0.796. The minimum Gasteiger partial charge on any atom is -0.317 e. The van der Waals surface area contributed by atoms with E-state index in [1.807, 2.05) is 13.8 Å². The number of hydrogen-bond acceptors (Lipinski definition) is 2. The van der Waals surface area contributed by atoms with E-state index < -0.39 is 0 Å². The van der Waals surface area contributed by atoms with E-state index in [9.17, 15) is 0 Å². The van der Waals surface area contributed by atoms with Crippen molar-refractivity contribution in [3.8, 4) is 0 Å². The van der Waals surface area contributed by atoms with Crippen molar-refractivity contribution in [2.75, 3.05) is 19.6 Å². The van der Waals surface area contributed by atoms with E-state index in [1.54, 1.807) is 0 Å². The van der Waals surface area contributed by atoms with Gasteiger partial charge in [-0.25, -0.2) is 0 Å². The number of rotatable bonds is 0. The predicted octanol–water partition coefficient (Wildman–Crippen LogP) is 2.79. The predicted molar refractivity (Wildman–Crippen MR) is 69.3 cm³/mol. The second kappa shape index (κ2) is 10.4. The molecule has 0 amide bonds. The summed E-state index contributed by atoms with van der Waals surface area (Å²) in [7, 11) is 0. The molecule has 2 nitrogen and oxygen atoms in total. The number of nitrogens with one attached hydrogen (secondary N) is 2. The standard InChI is InChI=1S/C6H13N.C5H11N.C2H6/c1-6-2-4-7-5-3-6;1-5-3-2-4-6-5;1-2/h6-7H,2-5H2,1H3;5-6H,2-4H2,1H3;1-2H3. The van der Waals surface area contributed by atoms with Crippen LogP contribution in [0.25, 0.3) is 0 Å². The van der Waals surface area contributed by atoms with Gasteiger partial charge >= 0.3 is 0 Å². The molecule has 0 aliphatic carbocycles. The van der Waals surface area contributed by atoms with Crippen LogP contribution in [-0.4, -0.2) is 25.7 Å². The molecule has 2 heterocycles. The molecule has 0 spiro atoms. The van der Waals surface area contributed by atoms with Gasteiger partial charge in [-0.05, 0) is 58.2 Å². The normalized spacial score (nSPS) is 26.0. The van der Waals surface area contributed by atoms with Crippen LogP contribution in [0.5, 0.6) is 0 Å². The van der Waals surface area contributed by atoms with Crippen LogP contribution in [0.2, 0.25) is 0 Å². The van der Waals surface area contributed by atoms with Gasteiger partial charge in [-0.15, -0.1) is 0 Å². The summed E-state index contributed by atoms with van der Waals surface area (Å²) < 4.78 is 0. The summed E-state index contributed by atoms with van der Waals surface area (Å²) in [5, 5.41) is 6.63. The van der Waals surface area contributed by atoms with Crippen molar-refractivity contribution >= 4 is 0 Å². The molecule has 0 aromatic heterocycles. The maximum absolute atomic E-state index is 3.32. The average molecular weight is 214 g/mol. The Kier molecular flexibility index (Phi) is 10.4. The van der Waals surface area contributed by atoms with Crippen molar-refractivity contribution in [3.05, 3.63) is 0 Å². The number of piperidine rings is 1. The van der Waals surface area contributed by atoms with E-state index in [1.165, 1.54) is 45.3 Å². The SMILES string of the molecule is CC.CC1CCCN1.CC1CCNCC1. The minimum absolute atomic E-state index is 0.796. The lowest BCUT2D eigenvalue weighted by atomic mass is 10.0. The molecule has 0 bridgehead atoms. The van der Waals surface area contributed by atoms with Crippen molar-refractivity contribution in [2.45, 2.75) is 59.4 Å². The first-order valence-corrected chi connectivity index (χ1v) is 6.73. The van der Waals surface area contributed by atoms with E-state index in [0.29, 0.717) is 0 Å².